The number of nitrogens with zero attached hydrogens (tertiary/aromatic N) is 1. The van der Waals surface area contributed by atoms with Crippen molar-refractivity contribution >= 4 is 23.2 Å². The minimum atomic E-state index is -0.250. The zero-order valence-electron chi connectivity index (χ0n) is 12.1. The molecule has 1 aliphatic rings. The number of carbonyl (C=O) groups excluding carboxylic acids is 1. The number of nitrogens with two attached hydrogens (primary N) is 1. The summed E-state index contributed by atoms with van der Waals surface area (Å²) < 4.78 is 5.22. The molecule has 2 aromatic rings. The summed E-state index contributed by atoms with van der Waals surface area (Å²) in [4.78, 5) is 20.0. The van der Waals surface area contributed by atoms with Crippen molar-refractivity contribution in [2.75, 3.05) is 12.8 Å². The summed E-state index contributed by atoms with van der Waals surface area (Å²) in [6.07, 6.45) is 4.48. The highest BCUT2D eigenvalue weighted by Crippen LogP contribution is 2.31. The molecule has 4 N–H and O–H groups in total. The maximum atomic E-state index is 12.6. The molecule has 1 heterocycles. The number of aromatic amines is 1. The van der Waals surface area contributed by atoms with Crippen LogP contribution in [-0.2, 0) is 6.42 Å². The first-order valence-corrected chi connectivity index (χ1v) is 7.44. The van der Waals surface area contributed by atoms with Crippen molar-refractivity contribution < 1.29 is 9.53 Å². The summed E-state index contributed by atoms with van der Waals surface area (Å²) in [5.74, 6) is 0.150. The molecule has 0 saturated carbocycles. The Morgan fingerprint density at radius 2 is 2.36 bits per heavy atom. The van der Waals surface area contributed by atoms with Crippen molar-refractivity contribution in [3.8, 4) is 5.75 Å². The molecular weight excluding hydrogens is 304 g/mol. The van der Waals surface area contributed by atoms with Gasteiger partial charge in [0.1, 0.15) is 5.75 Å². The molecule has 1 aromatic carbocycles. The molecule has 1 aliphatic carbocycles. The van der Waals surface area contributed by atoms with Crippen LogP contribution in [0.15, 0.2) is 18.5 Å². The van der Waals surface area contributed by atoms with E-state index in [-0.39, 0.29) is 11.9 Å². The maximum Gasteiger partial charge on any atom is 0.255 e. The number of rotatable bonds is 3. The number of nitrogen functional groups attached to an aromatic ring is 1. The van der Waals surface area contributed by atoms with Crippen molar-refractivity contribution in [3.05, 3.63) is 40.4 Å². The number of benzene rings is 1. The third kappa shape index (κ3) is 2.62. The molecule has 0 fully saturated rings. The average molecular weight is 321 g/mol. The van der Waals surface area contributed by atoms with Gasteiger partial charge < -0.3 is 20.8 Å². The van der Waals surface area contributed by atoms with Gasteiger partial charge in [0, 0.05) is 11.8 Å². The van der Waals surface area contributed by atoms with Crippen molar-refractivity contribution in [1.82, 2.24) is 15.3 Å². The predicted molar refractivity (Wildman–Crippen MR) is 84.1 cm³/mol. The van der Waals surface area contributed by atoms with E-state index in [1.165, 1.54) is 13.2 Å². The summed E-state index contributed by atoms with van der Waals surface area (Å²) >= 11 is 6.02. The van der Waals surface area contributed by atoms with Crippen LogP contribution in [0.4, 0.5) is 5.69 Å². The molecule has 1 aromatic heterocycles. The van der Waals surface area contributed by atoms with E-state index in [1.54, 1.807) is 12.4 Å². The number of fused-ring (bicyclic) bond motifs is 1. The number of anilines is 1. The summed E-state index contributed by atoms with van der Waals surface area (Å²) in [7, 11) is 1.49. The second-order valence-corrected chi connectivity index (χ2v) is 5.67. The molecule has 6 nitrogen and oxygen atoms in total. The van der Waals surface area contributed by atoms with Gasteiger partial charge in [-0.2, -0.15) is 0 Å². The Hall–Kier alpha value is -2.21. The lowest BCUT2D eigenvalue weighted by Crippen LogP contribution is -2.31. The van der Waals surface area contributed by atoms with E-state index in [4.69, 9.17) is 22.1 Å². The molecule has 22 heavy (non-hydrogen) atoms. The first kappa shape index (κ1) is 14.7. The van der Waals surface area contributed by atoms with Crippen molar-refractivity contribution in [2.24, 2.45) is 0 Å². The number of hydrogen-bond acceptors (Lipinski definition) is 4. The van der Waals surface area contributed by atoms with Gasteiger partial charge in [-0.15, -0.1) is 0 Å². The van der Waals surface area contributed by atoms with Crippen molar-refractivity contribution in [1.29, 1.82) is 0 Å². The van der Waals surface area contributed by atoms with Crippen LogP contribution in [0.5, 0.6) is 5.75 Å². The molecule has 1 unspecified atom stereocenters. The Balaban J connectivity index is 1.86. The zero-order chi connectivity index (χ0) is 15.7. The van der Waals surface area contributed by atoms with Crippen LogP contribution < -0.4 is 15.8 Å². The second kappa shape index (κ2) is 5.88. The van der Waals surface area contributed by atoms with E-state index in [0.717, 1.165) is 30.7 Å². The van der Waals surface area contributed by atoms with Gasteiger partial charge in [0.2, 0.25) is 0 Å². The molecular formula is C15H17ClN4O2. The Bertz CT molecular complexity index is 714. The Morgan fingerprint density at radius 1 is 1.55 bits per heavy atom. The number of halogens is 1. The van der Waals surface area contributed by atoms with Crippen LogP contribution in [0.3, 0.4) is 0 Å². The smallest absolute Gasteiger partial charge is 0.255 e. The normalized spacial score (nSPS) is 16.9. The van der Waals surface area contributed by atoms with E-state index in [2.05, 4.69) is 15.3 Å². The molecule has 0 radical (unpaired) electrons. The Kier molecular flexibility index (Phi) is 3.94. The molecule has 0 bridgehead atoms. The number of H-pyrrole nitrogens is 1. The van der Waals surface area contributed by atoms with Gasteiger partial charge in [0.25, 0.3) is 5.91 Å². The van der Waals surface area contributed by atoms with Crippen molar-refractivity contribution in [3.63, 3.8) is 0 Å². The zero-order valence-corrected chi connectivity index (χ0v) is 12.9. The van der Waals surface area contributed by atoms with Gasteiger partial charge in [0.05, 0.1) is 41.4 Å². The lowest BCUT2D eigenvalue weighted by Gasteiger charge is -2.23. The standard InChI is InChI=1S/C15H17ClN4O2/c1-22-13-6-10(17)9(16)5-8(13)15(21)20-12-4-2-3-11-14(12)19-7-18-11/h5-7,12H,2-4,17H2,1H3,(H,18,19)(H,20,21). The lowest BCUT2D eigenvalue weighted by molar-refractivity contribution is 0.0929. The van der Waals surface area contributed by atoms with E-state index >= 15 is 0 Å². The minimum absolute atomic E-state index is 0.108. The number of aromatic nitrogens is 2. The molecule has 0 spiro atoms. The molecule has 3 rings (SSSR count). The SMILES string of the molecule is COc1cc(N)c(Cl)cc1C(=O)NC1CCCc2[nH]cnc21. The largest absolute Gasteiger partial charge is 0.496 e. The van der Waals surface area contributed by atoms with Gasteiger partial charge in [-0.05, 0) is 25.3 Å². The van der Waals surface area contributed by atoms with Crippen LogP contribution in [0.25, 0.3) is 0 Å². The molecule has 0 saturated heterocycles. The Morgan fingerprint density at radius 3 is 3.14 bits per heavy atom. The highest BCUT2D eigenvalue weighted by Gasteiger charge is 2.25. The molecule has 1 amide bonds. The van der Waals surface area contributed by atoms with Crippen LogP contribution in [0, 0.1) is 0 Å². The summed E-state index contributed by atoms with van der Waals surface area (Å²) in [6.45, 7) is 0. The number of nitrogens with one attached hydrogen (secondary N) is 2. The third-order valence-electron chi connectivity index (χ3n) is 3.87. The highest BCUT2D eigenvalue weighted by molar-refractivity contribution is 6.33. The van der Waals surface area contributed by atoms with Crippen LogP contribution in [0.2, 0.25) is 5.02 Å². The summed E-state index contributed by atoms with van der Waals surface area (Å²) in [6, 6.07) is 2.97. The van der Waals surface area contributed by atoms with Gasteiger partial charge in [-0.3, -0.25) is 4.79 Å². The van der Waals surface area contributed by atoms with Crippen molar-refractivity contribution in [2.45, 2.75) is 25.3 Å². The first-order chi connectivity index (χ1) is 10.6. The fraction of sp³-hybridized carbons (Fsp3) is 0.333. The summed E-state index contributed by atoms with van der Waals surface area (Å²) in [5.41, 5.74) is 8.47. The predicted octanol–water partition coefficient (Wildman–Crippen LogP) is 2.46. The van der Waals surface area contributed by atoms with Gasteiger partial charge in [0.15, 0.2) is 0 Å². The van der Waals surface area contributed by atoms with E-state index in [1.807, 2.05) is 0 Å². The number of hydrogen-bond donors (Lipinski definition) is 3. The van der Waals surface area contributed by atoms with Crippen LogP contribution >= 0.6 is 11.6 Å². The van der Waals surface area contributed by atoms with Gasteiger partial charge in [-0.1, -0.05) is 11.6 Å². The van der Waals surface area contributed by atoms with E-state index in [9.17, 15) is 4.79 Å². The number of carbonyl (C=O) groups is 1. The molecule has 116 valence electrons. The number of imidazole rings is 1. The fourth-order valence-corrected chi connectivity index (χ4v) is 2.91. The van der Waals surface area contributed by atoms with Gasteiger partial charge in [-0.25, -0.2) is 4.98 Å². The number of amides is 1. The lowest BCUT2D eigenvalue weighted by atomic mass is 9.96. The fourth-order valence-electron chi connectivity index (χ4n) is 2.74. The average Bonchev–Trinajstić information content (AvgIpc) is 2.99. The Labute approximate surface area is 133 Å². The van der Waals surface area contributed by atoms with Crippen LogP contribution in [-0.4, -0.2) is 23.0 Å². The third-order valence-corrected chi connectivity index (χ3v) is 4.20. The van der Waals surface area contributed by atoms with E-state index < -0.39 is 0 Å². The maximum absolute atomic E-state index is 12.6. The summed E-state index contributed by atoms with van der Waals surface area (Å²) in [5, 5.41) is 3.33. The van der Waals surface area contributed by atoms with Gasteiger partial charge >= 0.3 is 0 Å². The number of ether oxygens (including phenoxy) is 1. The molecule has 0 aliphatic heterocycles. The topological polar surface area (TPSA) is 93.0 Å². The molecule has 7 heteroatoms. The monoisotopic (exact) mass is 320 g/mol. The van der Waals surface area contributed by atoms with E-state index in [0.29, 0.717) is 22.0 Å². The van der Waals surface area contributed by atoms with Crippen LogP contribution in [0.1, 0.15) is 40.6 Å². The first-order valence-electron chi connectivity index (χ1n) is 7.06. The quantitative estimate of drug-likeness (QED) is 0.757. The highest BCUT2D eigenvalue weighted by atomic mass is 35.5. The minimum Gasteiger partial charge on any atom is -0.496 e. The number of aryl methyl sites for hydroxylation is 1. The molecule has 1 atom stereocenters. The second-order valence-electron chi connectivity index (χ2n) is 5.26. The number of methoxy groups -OCH3 is 1.